The minimum absolute atomic E-state index is 0.0711. The lowest BCUT2D eigenvalue weighted by Crippen LogP contribution is -2.45. The fourth-order valence-corrected chi connectivity index (χ4v) is 3.49. The number of thiocarbonyl (C=S) groups is 1. The summed E-state index contributed by atoms with van der Waals surface area (Å²) in [6.07, 6.45) is 3.40. The van der Waals surface area contributed by atoms with Crippen LogP contribution in [-0.4, -0.2) is 34.7 Å². The van der Waals surface area contributed by atoms with Crippen LogP contribution in [-0.2, 0) is 14.2 Å². The third-order valence-corrected chi connectivity index (χ3v) is 4.99. The zero-order valence-electron chi connectivity index (χ0n) is 11.5. The van der Waals surface area contributed by atoms with Crippen LogP contribution in [0, 0.1) is 17.2 Å². The molecule has 20 heavy (non-hydrogen) atoms. The highest BCUT2D eigenvalue weighted by Gasteiger charge is 2.52. The molecule has 0 unspecified atom stereocenters. The molecule has 2 aliphatic rings. The quantitative estimate of drug-likeness (QED) is 0.687. The first kappa shape index (κ1) is 16.2. The highest BCUT2D eigenvalue weighted by Crippen LogP contribution is 2.43. The molecule has 2 rings (SSSR count). The van der Waals surface area contributed by atoms with E-state index in [1.165, 1.54) is 11.8 Å². The van der Waals surface area contributed by atoms with Crippen LogP contribution in [0.25, 0.3) is 0 Å². The van der Waals surface area contributed by atoms with E-state index in [1.54, 1.807) is 0 Å². The van der Waals surface area contributed by atoms with Gasteiger partial charge in [0.15, 0.2) is 5.79 Å². The summed E-state index contributed by atoms with van der Waals surface area (Å²) in [5, 5.41) is 9.00. The van der Waals surface area contributed by atoms with Gasteiger partial charge in [0.05, 0.1) is 6.07 Å². The van der Waals surface area contributed by atoms with E-state index in [0.29, 0.717) is 10.8 Å². The van der Waals surface area contributed by atoms with Crippen LogP contribution in [0.1, 0.15) is 20.3 Å². The van der Waals surface area contributed by atoms with Crippen LogP contribution in [0.3, 0.4) is 0 Å². The third-order valence-electron chi connectivity index (χ3n) is 3.25. The molecule has 4 atom stereocenters. The predicted molar refractivity (Wildman–Crippen MR) is 85.5 cm³/mol. The molecule has 0 radical (unpaired) electrons. The van der Waals surface area contributed by atoms with Gasteiger partial charge in [-0.2, -0.15) is 5.26 Å². The van der Waals surface area contributed by atoms with Crippen molar-refractivity contribution < 1.29 is 14.2 Å². The predicted octanol–water partition coefficient (Wildman–Crippen LogP) is 3.36. The Hall–Kier alpha value is -0.130. The highest BCUT2D eigenvalue weighted by molar-refractivity contribution is 9.11. The Morgan fingerprint density at radius 2 is 2.30 bits per heavy atom. The number of nitriles is 1. The molecule has 4 nitrogen and oxygen atoms in total. The van der Waals surface area contributed by atoms with E-state index in [0.717, 1.165) is 4.48 Å². The summed E-state index contributed by atoms with van der Waals surface area (Å²) >= 11 is 10.0. The number of hydrogen-bond acceptors (Lipinski definition) is 6. The smallest absolute Gasteiger partial charge is 0.220 e. The Kier molecular flexibility index (Phi) is 5.14. The van der Waals surface area contributed by atoms with Crippen molar-refractivity contribution in [1.82, 2.24) is 0 Å². The number of thioether (sulfide) groups is 1. The van der Waals surface area contributed by atoms with Crippen LogP contribution in [0.4, 0.5) is 0 Å². The lowest BCUT2D eigenvalue weighted by Gasteiger charge is -2.34. The second kappa shape index (κ2) is 6.32. The lowest BCUT2D eigenvalue weighted by molar-refractivity contribution is -0.153. The van der Waals surface area contributed by atoms with Crippen LogP contribution < -0.4 is 0 Å². The summed E-state index contributed by atoms with van der Waals surface area (Å²) in [6.45, 7) is 3.74. The van der Waals surface area contributed by atoms with Gasteiger partial charge in [0.1, 0.15) is 18.3 Å². The summed E-state index contributed by atoms with van der Waals surface area (Å²) in [5.74, 6) is -0.745. The van der Waals surface area contributed by atoms with Gasteiger partial charge in [0.25, 0.3) is 0 Å². The van der Waals surface area contributed by atoms with E-state index in [2.05, 4.69) is 22.0 Å². The van der Waals surface area contributed by atoms with Gasteiger partial charge in [0.2, 0.25) is 4.38 Å². The standard InChI is InChI=1S/C13H16BrNO3S2/c1-13(2)17-10-8(14)6-7(4-5-15)9(11(10)18-13)16-12(19)20-3/h6-7,9-11H,4H2,1-3H3/t7-,9+,10-,11+/m1/s1. The molecule has 0 amide bonds. The average molecular weight is 378 g/mol. The molecule has 110 valence electrons. The molecule has 1 fully saturated rings. The van der Waals surface area contributed by atoms with Gasteiger partial charge in [-0.25, -0.2) is 0 Å². The van der Waals surface area contributed by atoms with E-state index < -0.39 is 5.79 Å². The van der Waals surface area contributed by atoms with Crippen molar-refractivity contribution in [3.8, 4) is 6.07 Å². The number of nitrogens with zero attached hydrogens (tertiary/aromatic N) is 1. The zero-order valence-corrected chi connectivity index (χ0v) is 14.7. The monoisotopic (exact) mass is 377 g/mol. The van der Waals surface area contributed by atoms with Crippen LogP contribution in [0.15, 0.2) is 10.6 Å². The number of hydrogen-bond donors (Lipinski definition) is 0. The lowest BCUT2D eigenvalue weighted by atomic mass is 9.86. The van der Waals surface area contributed by atoms with E-state index in [-0.39, 0.29) is 24.2 Å². The molecule has 0 N–H and O–H groups in total. The van der Waals surface area contributed by atoms with Crippen molar-refractivity contribution in [3.05, 3.63) is 10.6 Å². The first-order chi connectivity index (χ1) is 9.38. The second-order valence-electron chi connectivity index (χ2n) is 5.13. The first-order valence-electron chi connectivity index (χ1n) is 6.22. The van der Waals surface area contributed by atoms with Crippen molar-refractivity contribution in [3.63, 3.8) is 0 Å². The van der Waals surface area contributed by atoms with Crippen molar-refractivity contribution in [2.45, 2.75) is 44.4 Å². The number of ether oxygens (including phenoxy) is 3. The SMILES string of the molecule is CSC(=S)O[C@@H]1[C@@H]2OC(C)(C)O[C@@H]2C(Br)=C[C@H]1CC#N. The molecule has 0 spiro atoms. The van der Waals surface area contributed by atoms with Crippen LogP contribution >= 0.6 is 39.9 Å². The maximum atomic E-state index is 9.00. The van der Waals surface area contributed by atoms with Gasteiger partial charge in [0, 0.05) is 16.8 Å². The first-order valence-corrected chi connectivity index (χ1v) is 8.65. The Morgan fingerprint density at radius 3 is 2.90 bits per heavy atom. The molecule has 1 aliphatic heterocycles. The summed E-state index contributed by atoms with van der Waals surface area (Å²) in [4.78, 5) is 0. The van der Waals surface area contributed by atoms with Crippen molar-refractivity contribution >= 4 is 44.3 Å². The molecule has 0 aromatic rings. The molecule has 0 bridgehead atoms. The Balaban J connectivity index is 2.28. The molecule has 1 aliphatic carbocycles. The number of fused-ring (bicyclic) bond motifs is 1. The molecular weight excluding hydrogens is 362 g/mol. The molecule has 0 saturated carbocycles. The minimum Gasteiger partial charge on any atom is -0.472 e. The zero-order chi connectivity index (χ0) is 14.9. The number of halogens is 1. The Morgan fingerprint density at radius 1 is 1.60 bits per heavy atom. The van der Waals surface area contributed by atoms with Gasteiger partial charge in [-0.05, 0) is 32.3 Å². The van der Waals surface area contributed by atoms with E-state index >= 15 is 0 Å². The highest BCUT2D eigenvalue weighted by atomic mass is 79.9. The number of rotatable bonds is 2. The van der Waals surface area contributed by atoms with Gasteiger partial charge in [-0.1, -0.05) is 33.8 Å². The largest absolute Gasteiger partial charge is 0.472 e. The molecule has 1 saturated heterocycles. The molecule has 1 heterocycles. The summed E-state index contributed by atoms with van der Waals surface area (Å²) in [6, 6.07) is 2.19. The van der Waals surface area contributed by atoms with Crippen LogP contribution in [0.2, 0.25) is 0 Å². The fraction of sp³-hybridized carbons (Fsp3) is 0.692. The van der Waals surface area contributed by atoms with E-state index in [9.17, 15) is 0 Å². The second-order valence-corrected chi connectivity index (χ2v) is 7.46. The topological polar surface area (TPSA) is 51.5 Å². The summed E-state index contributed by atoms with van der Waals surface area (Å²) in [5.41, 5.74) is 0. The normalized spacial score (nSPS) is 34.9. The Labute approximate surface area is 136 Å². The van der Waals surface area contributed by atoms with E-state index in [1.807, 2.05) is 26.2 Å². The van der Waals surface area contributed by atoms with Crippen LogP contribution in [0.5, 0.6) is 0 Å². The minimum atomic E-state index is -0.674. The van der Waals surface area contributed by atoms with Gasteiger partial charge in [-0.15, -0.1) is 0 Å². The van der Waals surface area contributed by atoms with Crippen molar-refractivity contribution in [2.75, 3.05) is 6.26 Å². The average Bonchev–Trinajstić information content (AvgIpc) is 2.70. The van der Waals surface area contributed by atoms with Gasteiger partial charge >= 0.3 is 0 Å². The molecular formula is C13H16BrNO3S2. The molecule has 0 aromatic heterocycles. The molecule has 0 aromatic carbocycles. The fourth-order valence-electron chi connectivity index (χ4n) is 2.47. The van der Waals surface area contributed by atoms with Gasteiger partial charge in [-0.3, -0.25) is 0 Å². The summed E-state index contributed by atoms with van der Waals surface area (Å²) in [7, 11) is 0. The molecule has 7 heteroatoms. The maximum Gasteiger partial charge on any atom is 0.220 e. The third kappa shape index (κ3) is 3.37. The summed E-state index contributed by atoms with van der Waals surface area (Å²) < 4.78 is 19.0. The Bertz CT molecular complexity index is 475. The van der Waals surface area contributed by atoms with E-state index in [4.69, 9.17) is 31.7 Å². The van der Waals surface area contributed by atoms with Gasteiger partial charge < -0.3 is 14.2 Å². The maximum absolute atomic E-state index is 9.00. The van der Waals surface area contributed by atoms with Crippen molar-refractivity contribution in [2.24, 2.45) is 5.92 Å². The van der Waals surface area contributed by atoms with Crippen molar-refractivity contribution in [1.29, 1.82) is 5.26 Å².